The predicted octanol–water partition coefficient (Wildman–Crippen LogP) is 5.92. The first-order valence-electron chi connectivity index (χ1n) is 11.8. The van der Waals surface area contributed by atoms with Gasteiger partial charge in [-0.2, -0.15) is 18.4 Å². The molecule has 11 heteroatoms. The predicted molar refractivity (Wildman–Crippen MR) is 139 cm³/mol. The van der Waals surface area contributed by atoms with Crippen LogP contribution in [0.2, 0.25) is 0 Å². The molecule has 0 atom stereocenters. The zero-order valence-electron chi connectivity index (χ0n) is 20.3. The van der Waals surface area contributed by atoms with Gasteiger partial charge in [-0.05, 0) is 47.5 Å². The van der Waals surface area contributed by atoms with E-state index in [-0.39, 0.29) is 47.2 Å². The largest absolute Gasteiger partial charge is 0.508 e. The smallest absolute Gasteiger partial charge is 0.433 e. The molecule has 39 heavy (non-hydrogen) atoms. The molecule has 0 saturated heterocycles. The van der Waals surface area contributed by atoms with E-state index in [0.717, 1.165) is 15.9 Å². The van der Waals surface area contributed by atoms with Gasteiger partial charge in [0.2, 0.25) is 0 Å². The number of para-hydroxylation sites is 1. The number of rotatable bonds is 5. The van der Waals surface area contributed by atoms with E-state index in [2.05, 4.69) is 11.1 Å². The summed E-state index contributed by atoms with van der Waals surface area (Å²) in [6, 6.07) is 22.9. The number of phenolic OH excluding ortho intramolecular Hbond substituents is 1. The molecule has 1 aromatic heterocycles. The van der Waals surface area contributed by atoms with Crippen LogP contribution >= 0.6 is 0 Å². The van der Waals surface area contributed by atoms with E-state index in [9.17, 15) is 32.0 Å². The quantitative estimate of drug-likeness (QED) is 0.331. The second-order valence-electron chi connectivity index (χ2n) is 8.87. The zero-order valence-corrected chi connectivity index (χ0v) is 21.1. The Morgan fingerprint density at radius 2 is 1.67 bits per heavy atom. The molecule has 2 heterocycles. The van der Waals surface area contributed by atoms with E-state index in [1.807, 2.05) is 18.2 Å². The fraction of sp³-hybridized carbons (Fsp3) is 0.143. The van der Waals surface area contributed by atoms with Crippen LogP contribution in [0.15, 0.2) is 89.8 Å². The first-order chi connectivity index (χ1) is 18.6. The lowest BCUT2D eigenvalue weighted by atomic mass is 10.1. The summed E-state index contributed by atoms with van der Waals surface area (Å²) in [6.07, 6.45) is -4.86. The van der Waals surface area contributed by atoms with Crippen LogP contribution < -0.4 is 9.21 Å². The van der Waals surface area contributed by atoms with Crippen molar-refractivity contribution < 1.29 is 26.7 Å². The Morgan fingerprint density at radius 1 is 0.949 bits per heavy atom. The minimum Gasteiger partial charge on any atom is -0.508 e. The summed E-state index contributed by atoms with van der Waals surface area (Å²) in [5.41, 5.74) is 0.756. The van der Waals surface area contributed by atoms with Gasteiger partial charge in [-0.3, -0.25) is 4.31 Å². The van der Waals surface area contributed by atoms with Gasteiger partial charge < -0.3 is 10.0 Å². The van der Waals surface area contributed by atoms with Gasteiger partial charge in [0.1, 0.15) is 17.3 Å². The number of fused-ring (bicyclic) bond motifs is 2. The lowest BCUT2D eigenvalue weighted by molar-refractivity contribution is -0.141. The number of hydrogen-bond donors (Lipinski definition) is 1. The van der Waals surface area contributed by atoms with Crippen LogP contribution in [0.3, 0.4) is 0 Å². The number of sulfonamides is 1. The van der Waals surface area contributed by atoms with Crippen LogP contribution in [-0.2, 0) is 35.7 Å². The van der Waals surface area contributed by atoms with Crippen molar-refractivity contribution in [1.82, 2.24) is 4.98 Å². The fourth-order valence-corrected chi connectivity index (χ4v) is 6.02. The Balaban J connectivity index is 1.80. The molecule has 0 radical (unpaired) electrons. The molecule has 1 aliphatic heterocycles. The van der Waals surface area contributed by atoms with Crippen LogP contribution in [0.1, 0.15) is 22.4 Å². The Labute approximate surface area is 223 Å². The molecule has 4 aromatic rings. The highest BCUT2D eigenvalue weighted by Gasteiger charge is 2.38. The molecule has 5 rings (SSSR count). The van der Waals surface area contributed by atoms with E-state index in [1.165, 1.54) is 30.3 Å². The summed E-state index contributed by atoms with van der Waals surface area (Å²) < 4.78 is 70.4. The normalized spacial score (nSPS) is 13.3. The number of alkyl halides is 3. The van der Waals surface area contributed by atoms with Gasteiger partial charge in [-0.1, -0.05) is 48.5 Å². The second kappa shape index (κ2) is 9.96. The van der Waals surface area contributed by atoms with Crippen molar-refractivity contribution >= 4 is 27.2 Å². The highest BCUT2D eigenvalue weighted by Crippen LogP contribution is 2.46. The summed E-state index contributed by atoms with van der Waals surface area (Å²) in [4.78, 5) is 5.41. The minimum absolute atomic E-state index is 0.0348. The van der Waals surface area contributed by atoms with Crippen LogP contribution in [0, 0.1) is 11.3 Å². The number of benzene rings is 3. The van der Waals surface area contributed by atoms with Crippen LogP contribution in [-0.4, -0.2) is 18.5 Å². The SMILES string of the molecule is N#CCc1cccc2c1N(S(=O)(=O)c1ccc(O)cc1)Cc1ccc(C(F)(F)F)nc1N2Cc1ccccc1. The van der Waals surface area contributed by atoms with E-state index >= 15 is 0 Å². The van der Waals surface area contributed by atoms with Gasteiger partial charge >= 0.3 is 6.18 Å². The molecule has 0 fully saturated rings. The molecule has 0 saturated carbocycles. The van der Waals surface area contributed by atoms with E-state index in [0.29, 0.717) is 11.3 Å². The number of phenols is 1. The average molecular weight is 551 g/mol. The van der Waals surface area contributed by atoms with E-state index < -0.39 is 21.9 Å². The molecule has 0 spiro atoms. The number of anilines is 3. The number of aromatic nitrogens is 1. The first-order valence-corrected chi connectivity index (χ1v) is 13.2. The Kier molecular flexibility index (Phi) is 6.66. The van der Waals surface area contributed by atoms with Crippen molar-refractivity contribution in [2.75, 3.05) is 9.21 Å². The van der Waals surface area contributed by atoms with Gasteiger partial charge in [-0.25, -0.2) is 13.4 Å². The lowest BCUT2D eigenvalue weighted by Crippen LogP contribution is -2.31. The molecule has 0 amide bonds. The molecular weight excluding hydrogens is 529 g/mol. The van der Waals surface area contributed by atoms with Gasteiger partial charge in [0, 0.05) is 12.1 Å². The summed E-state index contributed by atoms with van der Waals surface area (Å²) in [7, 11) is -4.30. The Morgan fingerprint density at radius 3 is 2.33 bits per heavy atom. The number of aromatic hydroxyl groups is 1. The maximum atomic E-state index is 14.0. The molecule has 198 valence electrons. The van der Waals surface area contributed by atoms with Crippen molar-refractivity contribution in [2.45, 2.75) is 30.6 Å². The Hall–Kier alpha value is -4.56. The number of halogens is 3. The molecule has 0 aliphatic carbocycles. The van der Waals surface area contributed by atoms with E-state index in [1.54, 1.807) is 35.2 Å². The second-order valence-corrected chi connectivity index (χ2v) is 10.7. The molecule has 1 aliphatic rings. The summed E-state index contributed by atoms with van der Waals surface area (Å²) in [5.74, 6) is -0.161. The van der Waals surface area contributed by atoms with Gasteiger partial charge in [0.05, 0.1) is 35.3 Å². The number of hydrogen-bond acceptors (Lipinski definition) is 6. The van der Waals surface area contributed by atoms with Crippen LogP contribution in [0.4, 0.5) is 30.4 Å². The van der Waals surface area contributed by atoms with Gasteiger partial charge in [0.15, 0.2) is 0 Å². The fourth-order valence-electron chi connectivity index (χ4n) is 4.53. The monoisotopic (exact) mass is 550 g/mol. The average Bonchev–Trinajstić information content (AvgIpc) is 3.05. The van der Waals surface area contributed by atoms with Crippen LogP contribution in [0.5, 0.6) is 5.75 Å². The van der Waals surface area contributed by atoms with Crippen molar-refractivity contribution in [2.24, 2.45) is 0 Å². The maximum Gasteiger partial charge on any atom is 0.433 e. The molecule has 7 nitrogen and oxygen atoms in total. The minimum atomic E-state index is -4.72. The molecule has 0 bridgehead atoms. The third-order valence-corrected chi connectivity index (χ3v) is 8.09. The molecule has 3 aromatic carbocycles. The summed E-state index contributed by atoms with van der Waals surface area (Å²) in [5, 5.41) is 19.2. The van der Waals surface area contributed by atoms with E-state index in [4.69, 9.17) is 0 Å². The number of nitrogens with zero attached hydrogens (tertiary/aromatic N) is 4. The first kappa shape index (κ1) is 26.1. The van der Waals surface area contributed by atoms with Crippen molar-refractivity contribution in [1.29, 1.82) is 5.26 Å². The van der Waals surface area contributed by atoms with Crippen molar-refractivity contribution in [3.8, 4) is 11.8 Å². The van der Waals surface area contributed by atoms with Gasteiger partial charge in [0.25, 0.3) is 10.0 Å². The van der Waals surface area contributed by atoms with Crippen LogP contribution in [0.25, 0.3) is 0 Å². The van der Waals surface area contributed by atoms with Crippen molar-refractivity contribution in [3.63, 3.8) is 0 Å². The number of pyridine rings is 1. The molecular formula is C28H21F3N4O3S. The van der Waals surface area contributed by atoms with Crippen molar-refractivity contribution in [3.05, 3.63) is 107 Å². The standard InChI is InChI=1S/C28H21F3N4O3S/c29-28(30,31)25-14-9-21-18-35(39(37,38)23-12-10-22(36)11-13-23)26-20(15-16-32)7-4-8-24(26)34(27(21)33-25)17-19-5-2-1-3-6-19/h1-14,36H,15,17-18H2. The highest BCUT2D eigenvalue weighted by atomic mass is 32.2. The molecule has 1 N–H and O–H groups in total. The third-order valence-electron chi connectivity index (χ3n) is 6.33. The highest BCUT2D eigenvalue weighted by molar-refractivity contribution is 7.92. The summed E-state index contributed by atoms with van der Waals surface area (Å²) in [6.45, 7) is -0.233. The summed E-state index contributed by atoms with van der Waals surface area (Å²) >= 11 is 0. The topological polar surface area (TPSA) is 97.5 Å². The zero-order chi connectivity index (χ0) is 27.8. The molecule has 0 unspecified atom stereocenters. The van der Waals surface area contributed by atoms with Gasteiger partial charge in [-0.15, -0.1) is 0 Å². The lowest BCUT2D eigenvalue weighted by Gasteiger charge is -2.29. The number of nitriles is 1. The third kappa shape index (κ3) is 4.98. The maximum absolute atomic E-state index is 14.0. The Bertz CT molecular complexity index is 1670.